The highest BCUT2D eigenvalue weighted by Gasteiger charge is 2.35. The van der Waals surface area contributed by atoms with E-state index in [0.717, 1.165) is 0 Å². The summed E-state index contributed by atoms with van der Waals surface area (Å²) < 4.78 is 33.0. The Labute approximate surface area is 171 Å². The second kappa shape index (κ2) is 8.71. The molecule has 9 heteroatoms. The van der Waals surface area contributed by atoms with Crippen molar-refractivity contribution in [2.75, 3.05) is 19.6 Å². The number of furan rings is 1. The van der Waals surface area contributed by atoms with Gasteiger partial charge < -0.3 is 9.73 Å². The van der Waals surface area contributed by atoms with Crippen LogP contribution in [0, 0.1) is 11.8 Å². The first-order valence-corrected chi connectivity index (χ1v) is 11.9. The van der Waals surface area contributed by atoms with E-state index in [1.54, 1.807) is 18.3 Å². The molecule has 1 saturated carbocycles. The molecular formula is C20H28N4O4S. The number of carbonyl (C=O) groups is 1. The summed E-state index contributed by atoms with van der Waals surface area (Å²) in [5, 5.41) is 9.56. The Morgan fingerprint density at radius 1 is 1.17 bits per heavy atom. The van der Waals surface area contributed by atoms with Crippen molar-refractivity contribution >= 4 is 15.9 Å². The molecule has 3 heterocycles. The highest BCUT2D eigenvalue weighted by Crippen LogP contribution is 2.28. The molecule has 1 aliphatic carbocycles. The van der Waals surface area contributed by atoms with Crippen LogP contribution < -0.4 is 5.32 Å². The maximum atomic E-state index is 13.0. The van der Waals surface area contributed by atoms with E-state index in [1.807, 2.05) is 0 Å². The van der Waals surface area contributed by atoms with Crippen LogP contribution in [0.25, 0.3) is 11.5 Å². The fourth-order valence-corrected chi connectivity index (χ4v) is 5.71. The molecule has 2 fully saturated rings. The molecule has 2 aliphatic rings. The number of hydrogen-bond donors (Lipinski definition) is 2. The number of carbonyl (C=O) groups excluding carboxylic acids is 1. The molecule has 4 rings (SSSR count). The first-order chi connectivity index (χ1) is 14.0. The van der Waals surface area contributed by atoms with Gasteiger partial charge in [0, 0.05) is 25.8 Å². The number of hydrogen-bond acceptors (Lipinski definition) is 5. The van der Waals surface area contributed by atoms with Gasteiger partial charge in [-0.1, -0.05) is 19.3 Å². The Kier molecular flexibility index (Phi) is 6.05. The summed E-state index contributed by atoms with van der Waals surface area (Å²) in [6.07, 6.45) is 9.04. The van der Waals surface area contributed by atoms with Gasteiger partial charge in [0.15, 0.2) is 5.76 Å². The largest absolute Gasteiger partial charge is 0.442 e. The fraction of sp³-hybridized carbons (Fsp3) is 0.600. The van der Waals surface area contributed by atoms with Gasteiger partial charge in [-0.25, -0.2) is 8.42 Å². The first-order valence-electron chi connectivity index (χ1n) is 10.4. The molecule has 1 amide bonds. The van der Waals surface area contributed by atoms with Gasteiger partial charge in [0.25, 0.3) is 10.0 Å². The van der Waals surface area contributed by atoms with Gasteiger partial charge in [0.2, 0.25) is 11.0 Å². The molecular weight excluding hydrogens is 392 g/mol. The minimum absolute atomic E-state index is 0.0342. The molecule has 2 N–H and O–H groups in total. The van der Waals surface area contributed by atoms with Gasteiger partial charge in [0.05, 0.1) is 5.92 Å². The molecule has 1 saturated heterocycles. The first kappa shape index (κ1) is 20.2. The van der Waals surface area contributed by atoms with E-state index in [-0.39, 0.29) is 23.5 Å². The number of nitrogens with zero attached hydrogens (tertiary/aromatic N) is 2. The predicted molar refractivity (Wildman–Crippen MR) is 107 cm³/mol. The zero-order chi connectivity index (χ0) is 20.3. The molecule has 0 bridgehead atoms. The Morgan fingerprint density at radius 2 is 2.00 bits per heavy atom. The number of amides is 1. The summed E-state index contributed by atoms with van der Waals surface area (Å²) in [4.78, 5) is 12.6. The minimum Gasteiger partial charge on any atom is -0.442 e. The molecule has 29 heavy (non-hydrogen) atoms. The van der Waals surface area contributed by atoms with Gasteiger partial charge in [-0.2, -0.15) is 9.40 Å². The standard InChI is InChI=1S/C20H28N4O4S/c25-20(21-13-15-5-2-1-3-6-15)16-7-4-12-24(14-16)29(26,27)19-9-8-18(28-19)17-10-11-22-23-17/h8-11,15-16H,1-7,12-14H2,(H,21,25)(H,22,23)/t16-/m1/s1. The fourth-order valence-electron chi connectivity index (χ4n) is 4.28. The smallest absolute Gasteiger partial charge is 0.276 e. The molecule has 0 radical (unpaired) electrons. The van der Waals surface area contributed by atoms with Crippen LogP contribution >= 0.6 is 0 Å². The van der Waals surface area contributed by atoms with Gasteiger partial charge in [-0.05, 0) is 49.8 Å². The summed E-state index contributed by atoms with van der Waals surface area (Å²) in [7, 11) is -3.78. The monoisotopic (exact) mass is 420 g/mol. The van der Waals surface area contributed by atoms with E-state index in [1.165, 1.54) is 42.5 Å². The van der Waals surface area contributed by atoms with Gasteiger partial charge in [-0.3, -0.25) is 9.89 Å². The average molecular weight is 421 g/mol. The van der Waals surface area contributed by atoms with E-state index in [9.17, 15) is 13.2 Å². The van der Waals surface area contributed by atoms with Crippen LogP contribution in [0.2, 0.25) is 0 Å². The lowest BCUT2D eigenvalue weighted by atomic mass is 9.89. The predicted octanol–water partition coefficient (Wildman–Crippen LogP) is 2.77. The third-order valence-electron chi connectivity index (χ3n) is 5.99. The molecule has 0 unspecified atom stereocenters. The molecule has 2 aromatic heterocycles. The number of rotatable bonds is 6. The summed E-state index contributed by atoms with van der Waals surface area (Å²) in [5.41, 5.74) is 0.616. The number of aromatic amines is 1. The Balaban J connectivity index is 1.38. The van der Waals surface area contributed by atoms with Crippen LogP contribution in [-0.4, -0.2) is 48.5 Å². The second-order valence-electron chi connectivity index (χ2n) is 8.04. The highest BCUT2D eigenvalue weighted by molar-refractivity contribution is 7.89. The van der Waals surface area contributed by atoms with E-state index >= 15 is 0 Å². The number of sulfonamides is 1. The van der Waals surface area contributed by atoms with Gasteiger partial charge in [0.1, 0.15) is 5.69 Å². The van der Waals surface area contributed by atoms with Crippen molar-refractivity contribution in [1.29, 1.82) is 0 Å². The van der Waals surface area contributed by atoms with Crippen LogP contribution in [0.4, 0.5) is 0 Å². The minimum atomic E-state index is -3.78. The van der Waals surface area contributed by atoms with E-state index in [2.05, 4.69) is 15.5 Å². The van der Waals surface area contributed by atoms with Crippen molar-refractivity contribution < 1.29 is 17.6 Å². The molecule has 2 aromatic rings. The van der Waals surface area contributed by atoms with Crippen LogP contribution in [-0.2, 0) is 14.8 Å². The number of H-pyrrole nitrogens is 1. The Morgan fingerprint density at radius 3 is 2.76 bits per heavy atom. The lowest BCUT2D eigenvalue weighted by molar-refractivity contribution is -0.126. The van der Waals surface area contributed by atoms with Crippen LogP contribution in [0.5, 0.6) is 0 Å². The molecule has 0 aromatic carbocycles. The third-order valence-corrected chi connectivity index (χ3v) is 7.73. The molecule has 1 atom stereocenters. The maximum absolute atomic E-state index is 13.0. The summed E-state index contributed by atoms with van der Waals surface area (Å²) in [5.74, 6) is 0.622. The number of nitrogens with one attached hydrogen (secondary N) is 2. The topological polar surface area (TPSA) is 108 Å². The Hall–Kier alpha value is -2.13. The Bertz CT molecular complexity index is 916. The molecule has 1 aliphatic heterocycles. The van der Waals surface area contributed by atoms with E-state index < -0.39 is 10.0 Å². The summed E-state index contributed by atoms with van der Waals surface area (Å²) >= 11 is 0. The normalized spacial score (nSPS) is 21.9. The van der Waals surface area contributed by atoms with Crippen molar-refractivity contribution in [1.82, 2.24) is 19.8 Å². The van der Waals surface area contributed by atoms with Gasteiger partial charge in [-0.15, -0.1) is 0 Å². The summed E-state index contributed by atoms with van der Waals surface area (Å²) in [6, 6.07) is 4.78. The second-order valence-corrected chi connectivity index (χ2v) is 9.91. The van der Waals surface area contributed by atoms with E-state index in [0.29, 0.717) is 43.3 Å². The lowest BCUT2D eigenvalue weighted by Gasteiger charge is -2.31. The zero-order valence-corrected chi connectivity index (χ0v) is 17.3. The summed E-state index contributed by atoms with van der Waals surface area (Å²) in [6.45, 7) is 1.29. The highest BCUT2D eigenvalue weighted by atomic mass is 32.2. The van der Waals surface area contributed by atoms with Crippen molar-refractivity contribution in [3.05, 3.63) is 24.4 Å². The van der Waals surface area contributed by atoms with E-state index in [4.69, 9.17) is 4.42 Å². The third kappa shape index (κ3) is 4.56. The van der Waals surface area contributed by atoms with Crippen LogP contribution in [0.15, 0.2) is 33.9 Å². The zero-order valence-electron chi connectivity index (χ0n) is 16.5. The number of aromatic nitrogens is 2. The van der Waals surface area contributed by atoms with Crippen LogP contribution in [0.1, 0.15) is 44.9 Å². The quantitative estimate of drug-likeness (QED) is 0.747. The number of piperidine rings is 1. The lowest BCUT2D eigenvalue weighted by Crippen LogP contribution is -2.46. The van der Waals surface area contributed by atoms with Crippen molar-refractivity contribution in [2.24, 2.45) is 11.8 Å². The SMILES string of the molecule is O=C(NCC1CCCCC1)[C@@H]1CCCN(S(=O)(=O)c2ccc(-c3ccn[nH]3)o2)C1. The van der Waals surface area contributed by atoms with Crippen molar-refractivity contribution in [3.63, 3.8) is 0 Å². The van der Waals surface area contributed by atoms with Crippen molar-refractivity contribution in [2.45, 2.75) is 50.0 Å². The molecule has 0 spiro atoms. The average Bonchev–Trinajstić information content (AvgIpc) is 3.45. The molecule has 158 valence electrons. The van der Waals surface area contributed by atoms with Crippen LogP contribution in [0.3, 0.4) is 0 Å². The molecule has 8 nitrogen and oxygen atoms in total. The maximum Gasteiger partial charge on any atom is 0.276 e. The van der Waals surface area contributed by atoms with Gasteiger partial charge >= 0.3 is 0 Å². The van der Waals surface area contributed by atoms with Crippen molar-refractivity contribution in [3.8, 4) is 11.5 Å².